The van der Waals surface area contributed by atoms with Gasteiger partial charge < -0.3 is 5.32 Å². The summed E-state index contributed by atoms with van der Waals surface area (Å²) in [6, 6.07) is 4.94. The summed E-state index contributed by atoms with van der Waals surface area (Å²) >= 11 is 5.66. The maximum Gasteiger partial charge on any atom is 0.145 e. The van der Waals surface area contributed by atoms with Crippen LogP contribution in [0.3, 0.4) is 0 Å². The summed E-state index contributed by atoms with van der Waals surface area (Å²) in [5.74, 6) is -0.386. The van der Waals surface area contributed by atoms with Crippen LogP contribution in [0.2, 0.25) is 5.02 Å². The van der Waals surface area contributed by atoms with Crippen molar-refractivity contribution in [3.63, 3.8) is 0 Å². The van der Waals surface area contributed by atoms with Gasteiger partial charge >= 0.3 is 0 Å². The van der Waals surface area contributed by atoms with Crippen molar-refractivity contribution in [2.45, 2.75) is 25.1 Å². The minimum atomic E-state index is -0.808. The minimum Gasteiger partial charge on any atom is -0.311 e. The smallest absolute Gasteiger partial charge is 0.145 e. The first-order valence-corrected chi connectivity index (χ1v) is 5.35. The topological polar surface area (TPSA) is 12.0 Å². The third-order valence-corrected chi connectivity index (χ3v) is 2.96. The monoisotopic (exact) mass is 231 g/mol. The lowest BCUT2D eigenvalue weighted by atomic mass is 10.0. The summed E-state index contributed by atoms with van der Waals surface area (Å²) in [5.41, 5.74) is 0.550. The van der Waals surface area contributed by atoms with E-state index >= 15 is 0 Å². The fourth-order valence-electron chi connectivity index (χ4n) is 1.90. The van der Waals surface area contributed by atoms with Gasteiger partial charge in [0, 0.05) is 12.6 Å². The van der Waals surface area contributed by atoms with Crippen LogP contribution in [0.4, 0.5) is 8.78 Å². The van der Waals surface area contributed by atoms with Crippen LogP contribution in [-0.4, -0.2) is 18.8 Å². The molecule has 82 valence electrons. The molecular weight excluding hydrogens is 220 g/mol. The van der Waals surface area contributed by atoms with Gasteiger partial charge in [0.2, 0.25) is 0 Å². The van der Waals surface area contributed by atoms with Gasteiger partial charge in [-0.05, 0) is 24.5 Å². The SMILES string of the molecule is Fc1c(Cl)cccc1CC1CC(F)CN1. The van der Waals surface area contributed by atoms with Crippen molar-refractivity contribution < 1.29 is 8.78 Å². The summed E-state index contributed by atoms with van der Waals surface area (Å²) in [7, 11) is 0. The number of hydrogen-bond donors (Lipinski definition) is 1. The van der Waals surface area contributed by atoms with Crippen LogP contribution < -0.4 is 5.32 Å². The second-order valence-corrected chi connectivity index (χ2v) is 4.26. The van der Waals surface area contributed by atoms with E-state index in [-0.39, 0.29) is 16.9 Å². The lowest BCUT2D eigenvalue weighted by Crippen LogP contribution is -2.24. The maximum absolute atomic E-state index is 13.5. The summed E-state index contributed by atoms with van der Waals surface area (Å²) in [5, 5.41) is 3.14. The van der Waals surface area contributed by atoms with E-state index in [9.17, 15) is 8.78 Å². The largest absolute Gasteiger partial charge is 0.311 e. The van der Waals surface area contributed by atoms with Crippen LogP contribution in [-0.2, 0) is 6.42 Å². The molecule has 1 saturated heterocycles. The van der Waals surface area contributed by atoms with Gasteiger partial charge in [-0.2, -0.15) is 0 Å². The third kappa shape index (κ3) is 2.47. The Labute approximate surface area is 92.4 Å². The van der Waals surface area contributed by atoms with Gasteiger partial charge in [0.1, 0.15) is 12.0 Å². The van der Waals surface area contributed by atoms with Gasteiger partial charge in [0.15, 0.2) is 0 Å². The molecular formula is C11H12ClF2N. The third-order valence-electron chi connectivity index (χ3n) is 2.67. The molecule has 4 heteroatoms. The zero-order chi connectivity index (χ0) is 10.8. The lowest BCUT2D eigenvalue weighted by Gasteiger charge is -2.10. The Hall–Kier alpha value is -0.670. The van der Waals surface area contributed by atoms with E-state index in [2.05, 4.69) is 5.32 Å². The Morgan fingerprint density at radius 3 is 2.93 bits per heavy atom. The summed E-state index contributed by atoms with van der Waals surface area (Å²) in [6.07, 6.45) is 0.135. The Kier molecular flexibility index (Phi) is 3.22. The van der Waals surface area contributed by atoms with Crippen molar-refractivity contribution in [3.8, 4) is 0 Å². The van der Waals surface area contributed by atoms with Crippen molar-refractivity contribution in [1.82, 2.24) is 5.32 Å². The molecule has 1 nitrogen and oxygen atoms in total. The average molecular weight is 232 g/mol. The zero-order valence-corrected chi connectivity index (χ0v) is 8.90. The average Bonchev–Trinajstić information content (AvgIpc) is 2.59. The predicted molar refractivity (Wildman–Crippen MR) is 56.4 cm³/mol. The molecule has 0 spiro atoms. The van der Waals surface area contributed by atoms with E-state index in [1.807, 2.05) is 0 Å². The second kappa shape index (κ2) is 4.45. The van der Waals surface area contributed by atoms with Gasteiger partial charge in [-0.25, -0.2) is 8.78 Å². The number of benzene rings is 1. The number of alkyl halides is 1. The highest BCUT2D eigenvalue weighted by Gasteiger charge is 2.24. The normalized spacial score (nSPS) is 25.8. The standard InChI is InChI=1S/C11H12ClF2N/c12-10-3-1-2-7(11(10)14)4-9-5-8(13)6-15-9/h1-3,8-9,15H,4-6H2. The molecule has 15 heavy (non-hydrogen) atoms. The van der Waals surface area contributed by atoms with E-state index in [1.54, 1.807) is 12.1 Å². The molecule has 0 amide bonds. The first kappa shape index (κ1) is 10.8. The van der Waals surface area contributed by atoms with Crippen LogP contribution in [0.15, 0.2) is 18.2 Å². The molecule has 0 bridgehead atoms. The molecule has 1 aliphatic heterocycles. The van der Waals surface area contributed by atoms with Crippen molar-refractivity contribution >= 4 is 11.6 Å². The highest BCUT2D eigenvalue weighted by atomic mass is 35.5. The molecule has 0 saturated carbocycles. The predicted octanol–water partition coefficient (Wildman–Crippen LogP) is 2.72. The second-order valence-electron chi connectivity index (χ2n) is 3.86. The molecule has 1 aliphatic rings. The number of rotatable bonds is 2. The number of hydrogen-bond acceptors (Lipinski definition) is 1. The van der Waals surface area contributed by atoms with Crippen LogP contribution >= 0.6 is 11.6 Å². The molecule has 2 rings (SSSR count). The van der Waals surface area contributed by atoms with E-state index in [4.69, 9.17) is 11.6 Å². The van der Waals surface area contributed by atoms with Gasteiger partial charge in [-0.1, -0.05) is 23.7 Å². The minimum absolute atomic E-state index is 0.0213. The fraction of sp³-hybridized carbons (Fsp3) is 0.455. The van der Waals surface area contributed by atoms with Crippen LogP contribution in [0.1, 0.15) is 12.0 Å². The molecule has 0 aliphatic carbocycles. The van der Waals surface area contributed by atoms with E-state index < -0.39 is 6.17 Å². The molecule has 1 aromatic rings. The van der Waals surface area contributed by atoms with E-state index in [0.717, 1.165) is 0 Å². The van der Waals surface area contributed by atoms with Gasteiger partial charge in [0.05, 0.1) is 5.02 Å². The fourth-order valence-corrected chi connectivity index (χ4v) is 2.09. The summed E-state index contributed by atoms with van der Waals surface area (Å²) in [4.78, 5) is 0. The van der Waals surface area contributed by atoms with Gasteiger partial charge in [0.25, 0.3) is 0 Å². The Morgan fingerprint density at radius 1 is 1.47 bits per heavy atom. The number of halogens is 3. The van der Waals surface area contributed by atoms with E-state index in [0.29, 0.717) is 24.9 Å². The lowest BCUT2D eigenvalue weighted by molar-refractivity contribution is 0.355. The van der Waals surface area contributed by atoms with Gasteiger partial charge in [-0.15, -0.1) is 0 Å². The van der Waals surface area contributed by atoms with Crippen LogP contribution in [0, 0.1) is 5.82 Å². The summed E-state index contributed by atoms with van der Waals surface area (Å²) < 4.78 is 26.4. The molecule has 1 N–H and O–H groups in total. The molecule has 2 unspecified atom stereocenters. The van der Waals surface area contributed by atoms with Crippen LogP contribution in [0.25, 0.3) is 0 Å². The summed E-state index contributed by atoms with van der Waals surface area (Å²) in [6.45, 7) is 0.368. The first-order valence-electron chi connectivity index (χ1n) is 4.97. The molecule has 2 atom stereocenters. The molecule has 1 fully saturated rings. The Morgan fingerprint density at radius 2 is 2.27 bits per heavy atom. The zero-order valence-electron chi connectivity index (χ0n) is 8.14. The van der Waals surface area contributed by atoms with Crippen LogP contribution in [0.5, 0.6) is 0 Å². The molecule has 0 aromatic heterocycles. The van der Waals surface area contributed by atoms with Crippen molar-refractivity contribution in [2.75, 3.05) is 6.54 Å². The number of nitrogens with one attached hydrogen (secondary N) is 1. The van der Waals surface area contributed by atoms with Gasteiger partial charge in [-0.3, -0.25) is 0 Å². The highest BCUT2D eigenvalue weighted by molar-refractivity contribution is 6.30. The molecule has 0 radical (unpaired) electrons. The highest BCUT2D eigenvalue weighted by Crippen LogP contribution is 2.21. The van der Waals surface area contributed by atoms with E-state index in [1.165, 1.54) is 6.07 Å². The quantitative estimate of drug-likeness (QED) is 0.825. The van der Waals surface area contributed by atoms with Crippen molar-refractivity contribution in [3.05, 3.63) is 34.6 Å². The maximum atomic E-state index is 13.5. The molecule has 1 heterocycles. The first-order chi connectivity index (χ1) is 7.16. The Balaban J connectivity index is 2.07. The Bertz CT molecular complexity index is 356. The molecule has 1 aromatic carbocycles. The van der Waals surface area contributed by atoms with Crippen molar-refractivity contribution in [2.24, 2.45) is 0 Å². The van der Waals surface area contributed by atoms with Crippen molar-refractivity contribution in [1.29, 1.82) is 0 Å².